The van der Waals surface area contributed by atoms with Gasteiger partial charge in [-0.3, -0.25) is 4.79 Å². The van der Waals surface area contributed by atoms with Crippen LogP contribution in [0.2, 0.25) is 5.02 Å². The quantitative estimate of drug-likeness (QED) is 0.339. The van der Waals surface area contributed by atoms with Gasteiger partial charge in [-0.1, -0.05) is 41.4 Å². The first-order valence-corrected chi connectivity index (χ1v) is 11.1. The van der Waals surface area contributed by atoms with Crippen molar-refractivity contribution in [3.63, 3.8) is 0 Å². The van der Waals surface area contributed by atoms with E-state index < -0.39 is 0 Å². The number of halogens is 1. The van der Waals surface area contributed by atoms with Gasteiger partial charge in [0.2, 0.25) is 0 Å². The number of hydrogen-bond donors (Lipinski definition) is 1. The molecular weight excluding hydrogens is 422 g/mol. The molecule has 0 saturated heterocycles. The van der Waals surface area contributed by atoms with E-state index in [9.17, 15) is 4.79 Å². The highest BCUT2D eigenvalue weighted by Crippen LogP contribution is 2.22. The Balaban J connectivity index is 1.47. The average Bonchev–Trinajstić information content (AvgIpc) is 3.17. The van der Waals surface area contributed by atoms with E-state index in [1.54, 1.807) is 24.3 Å². The number of nitrogens with one attached hydrogen (secondary N) is 1. The summed E-state index contributed by atoms with van der Waals surface area (Å²) in [5, 5.41) is 3.66. The van der Waals surface area contributed by atoms with Crippen molar-refractivity contribution in [1.29, 1.82) is 0 Å². The summed E-state index contributed by atoms with van der Waals surface area (Å²) in [4.78, 5) is 17.5. The summed E-state index contributed by atoms with van der Waals surface area (Å²) in [5.74, 6) is 1.54. The van der Waals surface area contributed by atoms with Crippen LogP contribution < -0.4 is 10.1 Å². The number of ether oxygens (including phenoxy) is 1. The van der Waals surface area contributed by atoms with Gasteiger partial charge in [0.05, 0.1) is 23.7 Å². The molecule has 4 rings (SSSR count). The van der Waals surface area contributed by atoms with E-state index in [2.05, 4.69) is 22.9 Å². The lowest BCUT2D eigenvalue weighted by Crippen LogP contribution is -2.28. The Morgan fingerprint density at radius 1 is 1.06 bits per heavy atom. The molecule has 1 unspecified atom stereocenters. The number of hydrogen-bond acceptors (Lipinski definition) is 3. The molecule has 0 aliphatic rings. The number of aryl methyl sites for hydroxylation is 2. The first-order chi connectivity index (χ1) is 15.5. The van der Waals surface area contributed by atoms with Crippen molar-refractivity contribution in [2.24, 2.45) is 0 Å². The maximum Gasteiger partial charge on any atom is 0.251 e. The van der Waals surface area contributed by atoms with Crippen LogP contribution in [0.3, 0.4) is 0 Å². The summed E-state index contributed by atoms with van der Waals surface area (Å²) in [7, 11) is 0. The van der Waals surface area contributed by atoms with Crippen molar-refractivity contribution >= 4 is 28.5 Å². The van der Waals surface area contributed by atoms with Crippen molar-refractivity contribution < 1.29 is 9.53 Å². The van der Waals surface area contributed by atoms with Crippen LogP contribution in [0.15, 0.2) is 72.8 Å². The van der Waals surface area contributed by atoms with Crippen LogP contribution in [0.1, 0.15) is 41.1 Å². The summed E-state index contributed by atoms with van der Waals surface area (Å²) in [6.07, 6.45) is 0.819. The third kappa shape index (κ3) is 5.11. The summed E-state index contributed by atoms with van der Waals surface area (Å²) < 4.78 is 8.06. The van der Waals surface area contributed by atoms with Crippen LogP contribution in [-0.2, 0) is 6.54 Å². The summed E-state index contributed by atoms with van der Waals surface area (Å²) in [6.45, 7) is 5.35. The second-order valence-corrected chi connectivity index (χ2v) is 8.26. The highest BCUT2D eigenvalue weighted by Gasteiger charge is 2.19. The highest BCUT2D eigenvalue weighted by molar-refractivity contribution is 6.30. The number of fused-ring (bicyclic) bond motifs is 1. The summed E-state index contributed by atoms with van der Waals surface area (Å²) in [6, 6.07) is 22.7. The Morgan fingerprint density at radius 2 is 1.78 bits per heavy atom. The topological polar surface area (TPSA) is 56.1 Å². The second-order valence-electron chi connectivity index (χ2n) is 7.83. The largest absolute Gasteiger partial charge is 0.494 e. The minimum absolute atomic E-state index is 0.157. The van der Waals surface area contributed by atoms with Crippen LogP contribution in [0, 0.1) is 6.92 Å². The standard InChI is InChI=1S/C26H26ClN3O2/c1-18-8-14-22(15-9-18)32-17-5-16-30-24-7-4-3-6-23(24)29-25(30)19(2)28-26(31)20-10-12-21(27)13-11-20/h3-4,6-15,19H,5,16-17H2,1-2H3,(H,28,31). The maximum absolute atomic E-state index is 12.7. The molecule has 1 aromatic heterocycles. The van der Waals surface area contributed by atoms with Crippen LogP contribution >= 0.6 is 11.6 Å². The zero-order chi connectivity index (χ0) is 22.5. The molecule has 32 heavy (non-hydrogen) atoms. The van der Waals surface area contributed by atoms with Gasteiger partial charge in [0.1, 0.15) is 11.6 Å². The molecule has 1 heterocycles. The molecule has 1 N–H and O–H groups in total. The van der Waals surface area contributed by atoms with Crippen molar-refractivity contribution in [3.8, 4) is 5.75 Å². The number of imidazole rings is 1. The van der Waals surface area contributed by atoms with Crippen molar-refractivity contribution in [1.82, 2.24) is 14.9 Å². The van der Waals surface area contributed by atoms with Gasteiger partial charge in [-0.2, -0.15) is 0 Å². The molecule has 0 saturated carbocycles. The SMILES string of the molecule is Cc1ccc(OCCCn2c(C(C)NC(=O)c3ccc(Cl)cc3)nc3ccccc32)cc1. The van der Waals surface area contributed by atoms with E-state index in [-0.39, 0.29) is 11.9 Å². The molecule has 0 radical (unpaired) electrons. The fourth-order valence-electron chi connectivity index (χ4n) is 3.65. The van der Waals surface area contributed by atoms with Crippen molar-refractivity contribution in [2.75, 3.05) is 6.61 Å². The van der Waals surface area contributed by atoms with Gasteiger partial charge in [0, 0.05) is 17.1 Å². The minimum atomic E-state index is -0.261. The van der Waals surface area contributed by atoms with E-state index in [4.69, 9.17) is 21.3 Å². The third-order valence-corrected chi connectivity index (χ3v) is 5.59. The second kappa shape index (κ2) is 9.88. The molecule has 0 spiro atoms. The predicted molar refractivity (Wildman–Crippen MR) is 128 cm³/mol. The predicted octanol–water partition coefficient (Wildman–Crippen LogP) is 5.96. The lowest BCUT2D eigenvalue weighted by Gasteiger charge is -2.17. The third-order valence-electron chi connectivity index (χ3n) is 5.34. The van der Waals surface area contributed by atoms with Crippen molar-refractivity contribution in [2.45, 2.75) is 32.9 Å². The monoisotopic (exact) mass is 447 g/mol. The molecular formula is C26H26ClN3O2. The van der Waals surface area contributed by atoms with E-state index in [1.807, 2.05) is 49.4 Å². The van der Waals surface area contributed by atoms with Crippen LogP contribution in [-0.4, -0.2) is 22.1 Å². The average molecular weight is 448 g/mol. The van der Waals surface area contributed by atoms with Crippen molar-refractivity contribution in [3.05, 3.63) is 94.8 Å². The van der Waals surface area contributed by atoms with Gasteiger partial charge in [-0.05, 0) is 68.8 Å². The molecule has 5 nitrogen and oxygen atoms in total. The molecule has 3 aromatic carbocycles. The van der Waals surface area contributed by atoms with E-state index in [1.165, 1.54) is 5.56 Å². The molecule has 0 fully saturated rings. The number of aromatic nitrogens is 2. The number of nitrogens with zero attached hydrogens (tertiary/aromatic N) is 2. The molecule has 1 atom stereocenters. The van der Waals surface area contributed by atoms with Crippen LogP contribution in [0.4, 0.5) is 0 Å². The van der Waals surface area contributed by atoms with Gasteiger partial charge in [0.25, 0.3) is 5.91 Å². The number of benzene rings is 3. The van der Waals surface area contributed by atoms with Gasteiger partial charge in [0.15, 0.2) is 0 Å². The lowest BCUT2D eigenvalue weighted by molar-refractivity contribution is 0.0937. The Morgan fingerprint density at radius 3 is 2.53 bits per heavy atom. The molecule has 0 aliphatic heterocycles. The first kappa shape index (κ1) is 21.9. The molecule has 6 heteroatoms. The molecule has 1 amide bonds. The maximum atomic E-state index is 12.7. The summed E-state index contributed by atoms with van der Waals surface area (Å²) >= 11 is 5.94. The number of carbonyl (C=O) groups is 1. The minimum Gasteiger partial charge on any atom is -0.494 e. The zero-order valence-electron chi connectivity index (χ0n) is 18.2. The van der Waals surface area contributed by atoms with Gasteiger partial charge >= 0.3 is 0 Å². The Kier molecular flexibility index (Phi) is 6.76. The fourth-order valence-corrected chi connectivity index (χ4v) is 3.78. The zero-order valence-corrected chi connectivity index (χ0v) is 19.0. The molecule has 0 bridgehead atoms. The number of para-hydroxylation sites is 2. The van der Waals surface area contributed by atoms with E-state index in [0.717, 1.165) is 35.6 Å². The molecule has 0 aliphatic carbocycles. The summed E-state index contributed by atoms with van der Waals surface area (Å²) in [5.41, 5.74) is 3.73. The Labute approximate surface area is 193 Å². The fraction of sp³-hybridized carbons (Fsp3) is 0.231. The first-order valence-electron chi connectivity index (χ1n) is 10.7. The van der Waals surface area contributed by atoms with E-state index in [0.29, 0.717) is 17.2 Å². The normalized spacial score (nSPS) is 12.0. The van der Waals surface area contributed by atoms with Gasteiger partial charge < -0.3 is 14.6 Å². The Hall–Kier alpha value is -3.31. The van der Waals surface area contributed by atoms with Crippen LogP contribution in [0.5, 0.6) is 5.75 Å². The lowest BCUT2D eigenvalue weighted by atomic mass is 10.2. The smallest absolute Gasteiger partial charge is 0.251 e. The van der Waals surface area contributed by atoms with E-state index >= 15 is 0 Å². The molecule has 164 valence electrons. The molecule has 4 aromatic rings. The van der Waals surface area contributed by atoms with Gasteiger partial charge in [-0.25, -0.2) is 4.98 Å². The number of rotatable bonds is 8. The Bertz CT molecular complexity index is 1200. The highest BCUT2D eigenvalue weighted by atomic mass is 35.5. The number of amides is 1. The number of carbonyl (C=O) groups excluding carboxylic acids is 1. The van der Waals surface area contributed by atoms with Gasteiger partial charge in [-0.15, -0.1) is 0 Å². The van der Waals surface area contributed by atoms with Crippen LogP contribution in [0.25, 0.3) is 11.0 Å².